The molecule has 0 saturated carbocycles. The van der Waals surface area contributed by atoms with Crippen LogP contribution in [0.5, 0.6) is 5.75 Å². The van der Waals surface area contributed by atoms with Crippen LogP contribution >= 0.6 is 0 Å². The molecule has 3 aromatic rings. The first-order valence-electron chi connectivity index (χ1n) is 12.9. The minimum atomic E-state index is -1.46. The molecule has 1 heterocycles. The predicted molar refractivity (Wildman–Crippen MR) is 147 cm³/mol. The first-order valence-corrected chi connectivity index (χ1v) is 12.9. The van der Waals surface area contributed by atoms with E-state index in [1.165, 1.54) is 11.8 Å². The van der Waals surface area contributed by atoms with Crippen molar-refractivity contribution in [2.75, 3.05) is 32.1 Å². The van der Waals surface area contributed by atoms with Crippen LogP contribution < -0.4 is 15.4 Å². The maximum absolute atomic E-state index is 14.5. The lowest BCUT2D eigenvalue weighted by atomic mass is 9.97. The van der Waals surface area contributed by atoms with Crippen LogP contribution in [0.4, 0.5) is 14.5 Å². The topological polar surface area (TPSA) is 96.2 Å². The van der Waals surface area contributed by atoms with Crippen molar-refractivity contribution in [3.63, 3.8) is 0 Å². The number of nitrogens with two attached hydrogens (primary N) is 1. The number of ether oxygens (including phenoxy) is 1. The number of para-hydroxylation sites is 2. The standard InChI is InChI=1S/C30H32F2N4O4/c1-19(33)29(38)36(26(37)17-20-15-22(31)18-23(32)16-20)27-28(21-9-5-4-6-10-21)40-25-12-8-7-11-24(25)35(30(27)39)14-13-34(2)3/h4-12,15-16,18-19,27-28H,13-14,17,33H2,1-3H3/t19-,27-,28+/m0/s1. The summed E-state index contributed by atoms with van der Waals surface area (Å²) in [5.41, 5.74) is 7.03. The Morgan fingerprint density at radius 2 is 1.62 bits per heavy atom. The van der Waals surface area contributed by atoms with E-state index in [9.17, 15) is 23.2 Å². The van der Waals surface area contributed by atoms with Gasteiger partial charge in [-0.15, -0.1) is 0 Å². The van der Waals surface area contributed by atoms with E-state index >= 15 is 0 Å². The summed E-state index contributed by atoms with van der Waals surface area (Å²) in [4.78, 5) is 46.1. The van der Waals surface area contributed by atoms with Crippen LogP contribution in [0.2, 0.25) is 0 Å². The molecule has 4 rings (SSSR count). The van der Waals surface area contributed by atoms with Gasteiger partial charge in [-0.1, -0.05) is 42.5 Å². The molecule has 3 amide bonds. The van der Waals surface area contributed by atoms with Gasteiger partial charge in [0.25, 0.3) is 5.91 Å². The maximum atomic E-state index is 14.5. The van der Waals surface area contributed by atoms with Crippen LogP contribution in [-0.2, 0) is 20.8 Å². The first kappa shape index (κ1) is 28.8. The zero-order valence-corrected chi connectivity index (χ0v) is 22.6. The van der Waals surface area contributed by atoms with Gasteiger partial charge in [-0.25, -0.2) is 8.78 Å². The van der Waals surface area contributed by atoms with Gasteiger partial charge in [-0.3, -0.25) is 19.3 Å². The Morgan fingerprint density at radius 3 is 2.25 bits per heavy atom. The van der Waals surface area contributed by atoms with Crippen LogP contribution in [0.25, 0.3) is 0 Å². The lowest BCUT2D eigenvalue weighted by Crippen LogP contribution is -2.59. The van der Waals surface area contributed by atoms with Crippen LogP contribution in [0.1, 0.15) is 24.2 Å². The number of likely N-dealkylation sites (N-methyl/N-ethyl adjacent to an activating group) is 1. The highest BCUT2D eigenvalue weighted by molar-refractivity contribution is 6.07. The van der Waals surface area contributed by atoms with Crippen molar-refractivity contribution in [3.05, 3.63) is 95.6 Å². The molecule has 8 nitrogen and oxygen atoms in total. The van der Waals surface area contributed by atoms with E-state index in [1.54, 1.807) is 54.6 Å². The Kier molecular flexibility index (Phi) is 8.91. The molecule has 2 N–H and O–H groups in total. The van der Waals surface area contributed by atoms with Gasteiger partial charge in [0, 0.05) is 19.2 Å². The van der Waals surface area contributed by atoms with Crippen LogP contribution in [-0.4, -0.2) is 66.8 Å². The van der Waals surface area contributed by atoms with Crippen molar-refractivity contribution in [2.24, 2.45) is 5.73 Å². The molecular formula is C30H32F2N4O4. The highest BCUT2D eigenvalue weighted by Crippen LogP contribution is 2.39. The molecule has 3 atom stereocenters. The van der Waals surface area contributed by atoms with E-state index in [2.05, 4.69) is 0 Å². The highest BCUT2D eigenvalue weighted by atomic mass is 19.1. The molecule has 0 radical (unpaired) electrons. The number of amides is 3. The molecule has 0 bridgehead atoms. The summed E-state index contributed by atoms with van der Waals surface area (Å²) in [6, 6.07) is 15.9. The van der Waals surface area contributed by atoms with E-state index in [-0.39, 0.29) is 12.1 Å². The van der Waals surface area contributed by atoms with E-state index in [0.717, 1.165) is 17.0 Å². The third-order valence-corrected chi connectivity index (χ3v) is 6.57. The second-order valence-electron chi connectivity index (χ2n) is 10.00. The van der Waals surface area contributed by atoms with Gasteiger partial charge in [0.05, 0.1) is 18.2 Å². The minimum Gasteiger partial charge on any atom is -0.481 e. The van der Waals surface area contributed by atoms with Gasteiger partial charge in [0.1, 0.15) is 17.4 Å². The van der Waals surface area contributed by atoms with Crippen molar-refractivity contribution < 1.29 is 27.9 Å². The molecule has 0 spiro atoms. The Morgan fingerprint density at radius 1 is 1.00 bits per heavy atom. The van der Waals surface area contributed by atoms with Gasteiger partial charge < -0.3 is 20.3 Å². The molecule has 0 unspecified atom stereocenters. The summed E-state index contributed by atoms with van der Waals surface area (Å²) in [5, 5.41) is 0. The summed E-state index contributed by atoms with van der Waals surface area (Å²) >= 11 is 0. The fourth-order valence-corrected chi connectivity index (χ4v) is 4.67. The molecule has 210 valence electrons. The largest absolute Gasteiger partial charge is 0.481 e. The lowest BCUT2D eigenvalue weighted by molar-refractivity contribution is -0.154. The lowest BCUT2D eigenvalue weighted by Gasteiger charge is -2.36. The van der Waals surface area contributed by atoms with E-state index < -0.39 is 54.0 Å². The van der Waals surface area contributed by atoms with Crippen molar-refractivity contribution in [3.8, 4) is 5.75 Å². The van der Waals surface area contributed by atoms with E-state index in [1.807, 2.05) is 19.0 Å². The fourth-order valence-electron chi connectivity index (χ4n) is 4.67. The van der Waals surface area contributed by atoms with Crippen LogP contribution in [0.3, 0.4) is 0 Å². The number of hydrogen-bond acceptors (Lipinski definition) is 6. The van der Waals surface area contributed by atoms with Gasteiger partial charge in [0.2, 0.25) is 11.8 Å². The number of nitrogens with zero attached hydrogens (tertiary/aromatic N) is 3. The third-order valence-electron chi connectivity index (χ3n) is 6.57. The smallest absolute Gasteiger partial charge is 0.254 e. The molecule has 3 aromatic carbocycles. The fraction of sp³-hybridized carbons (Fsp3) is 0.300. The van der Waals surface area contributed by atoms with Gasteiger partial charge >= 0.3 is 0 Å². The number of anilines is 1. The Labute approximate surface area is 231 Å². The van der Waals surface area contributed by atoms with Gasteiger partial charge in [0.15, 0.2) is 12.1 Å². The van der Waals surface area contributed by atoms with E-state index in [0.29, 0.717) is 29.6 Å². The molecule has 40 heavy (non-hydrogen) atoms. The number of imide groups is 1. The molecule has 1 aliphatic heterocycles. The number of carbonyl (C=O) groups excluding carboxylic acids is 3. The molecular weight excluding hydrogens is 518 g/mol. The number of fused-ring (bicyclic) bond motifs is 1. The zero-order chi connectivity index (χ0) is 29.0. The Balaban J connectivity index is 1.87. The molecule has 1 aliphatic rings. The number of benzene rings is 3. The van der Waals surface area contributed by atoms with Crippen molar-refractivity contribution >= 4 is 23.4 Å². The van der Waals surface area contributed by atoms with Gasteiger partial charge in [-0.05, 0) is 56.4 Å². The third kappa shape index (κ3) is 6.35. The number of halogens is 2. The molecule has 0 fully saturated rings. The number of rotatable bonds is 8. The molecule has 0 aliphatic carbocycles. The highest BCUT2D eigenvalue weighted by Gasteiger charge is 2.47. The Hall–Kier alpha value is -4.15. The van der Waals surface area contributed by atoms with Crippen LogP contribution in [0.15, 0.2) is 72.8 Å². The average molecular weight is 551 g/mol. The second kappa shape index (κ2) is 12.4. The zero-order valence-electron chi connectivity index (χ0n) is 22.6. The summed E-state index contributed by atoms with van der Waals surface area (Å²) in [6.45, 7) is 2.14. The van der Waals surface area contributed by atoms with Crippen LogP contribution in [0, 0.1) is 11.6 Å². The summed E-state index contributed by atoms with van der Waals surface area (Å²) in [6.07, 6.45) is -1.63. The Bertz CT molecular complexity index is 1360. The summed E-state index contributed by atoms with van der Waals surface area (Å²) < 4.78 is 34.3. The number of hydrogen-bond donors (Lipinski definition) is 1. The molecule has 0 aromatic heterocycles. The quantitative estimate of drug-likeness (QED) is 0.463. The average Bonchev–Trinajstić information content (AvgIpc) is 3.02. The van der Waals surface area contributed by atoms with Crippen molar-refractivity contribution in [2.45, 2.75) is 31.5 Å². The van der Waals surface area contributed by atoms with Gasteiger partial charge in [-0.2, -0.15) is 0 Å². The van der Waals surface area contributed by atoms with E-state index in [4.69, 9.17) is 10.5 Å². The van der Waals surface area contributed by atoms with Crippen molar-refractivity contribution in [1.82, 2.24) is 9.80 Å². The maximum Gasteiger partial charge on any atom is 0.254 e. The SMILES string of the molecule is C[C@H](N)C(=O)N(C(=O)Cc1cc(F)cc(F)c1)[C@@H]1C(=O)N(CCN(C)C)c2ccccc2O[C@@H]1c1ccccc1. The predicted octanol–water partition coefficient (Wildman–Crippen LogP) is 3.31. The monoisotopic (exact) mass is 550 g/mol. The normalized spacial score (nSPS) is 17.6. The minimum absolute atomic E-state index is 0.0102. The van der Waals surface area contributed by atoms with Crippen molar-refractivity contribution in [1.29, 1.82) is 0 Å². The summed E-state index contributed by atoms with van der Waals surface area (Å²) in [7, 11) is 3.73. The summed E-state index contributed by atoms with van der Waals surface area (Å²) in [5.74, 6) is -3.53. The first-order chi connectivity index (χ1) is 19.1. The molecule has 0 saturated heterocycles. The molecule has 10 heteroatoms. The second-order valence-corrected chi connectivity index (χ2v) is 10.00. The number of carbonyl (C=O) groups is 3.